The summed E-state index contributed by atoms with van der Waals surface area (Å²) in [4.78, 5) is 17.9. The zero-order valence-corrected chi connectivity index (χ0v) is 14.6. The summed E-state index contributed by atoms with van der Waals surface area (Å²) < 4.78 is 3.40. The molecule has 3 heterocycles. The second-order valence-electron chi connectivity index (χ2n) is 6.21. The molecule has 0 atom stereocenters. The molecule has 0 aliphatic carbocycles. The number of hydrogen-bond acceptors (Lipinski definition) is 3. The quantitative estimate of drug-likeness (QED) is 0.451. The van der Waals surface area contributed by atoms with E-state index in [4.69, 9.17) is 16.6 Å². The lowest BCUT2D eigenvalue weighted by molar-refractivity contribution is 0.820. The minimum atomic E-state index is -0.204. The van der Waals surface area contributed by atoms with Gasteiger partial charge < -0.3 is 0 Å². The van der Waals surface area contributed by atoms with Crippen LogP contribution >= 0.6 is 11.6 Å². The summed E-state index contributed by atoms with van der Waals surface area (Å²) in [6, 6.07) is 16.9. The molecular formula is C20H13ClN4O. The van der Waals surface area contributed by atoms with E-state index < -0.39 is 0 Å². The van der Waals surface area contributed by atoms with E-state index in [-0.39, 0.29) is 5.56 Å². The van der Waals surface area contributed by atoms with Crippen LogP contribution < -0.4 is 5.56 Å². The number of fused-ring (bicyclic) bond motifs is 5. The number of aryl methyl sites for hydroxylation is 1. The fraction of sp³-hybridized carbons (Fsp3) is 0.0500. The lowest BCUT2D eigenvalue weighted by Crippen LogP contribution is -2.21. The van der Waals surface area contributed by atoms with Crippen LogP contribution in [0.5, 0.6) is 0 Å². The molecule has 26 heavy (non-hydrogen) atoms. The topological polar surface area (TPSA) is 52.2 Å². The Bertz CT molecular complexity index is 1370. The molecule has 0 saturated carbocycles. The van der Waals surface area contributed by atoms with Crippen molar-refractivity contribution in [2.24, 2.45) is 0 Å². The van der Waals surface area contributed by atoms with Gasteiger partial charge in [0.1, 0.15) is 0 Å². The van der Waals surface area contributed by atoms with E-state index in [9.17, 15) is 4.79 Å². The average molecular weight is 361 g/mol. The third-order valence-corrected chi connectivity index (χ3v) is 4.83. The van der Waals surface area contributed by atoms with Gasteiger partial charge >= 0.3 is 0 Å². The predicted octanol–water partition coefficient (Wildman–Crippen LogP) is 4.15. The van der Waals surface area contributed by atoms with Crippen LogP contribution in [0.25, 0.3) is 33.1 Å². The summed E-state index contributed by atoms with van der Waals surface area (Å²) in [5.74, 6) is 0. The number of rotatable bonds is 1. The second kappa shape index (κ2) is 5.41. The van der Waals surface area contributed by atoms with Crippen molar-refractivity contribution in [2.45, 2.75) is 6.92 Å². The van der Waals surface area contributed by atoms with Crippen LogP contribution in [0.15, 0.2) is 65.6 Å². The number of halogens is 1. The highest BCUT2D eigenvalue weighted by Crippen LogP contribution is 2.24. The van der Waals surface area contributed by atoms with E-state index >= 15 is 0 Å². The second-order valence-corrected chi connectivity index (χ2v) is 6.65. The molecule has 0 spiro atoms. The molecule has 0 radical (unpaired) electrons. The number of benzene rings is 2. The van der Waals surface area contributed by atoms with E-state index in [0.29, 0.717) is 21.7 Å². The molecule has 6 heteroatoms. The Morgan fingerprint density at radius 1 is 1.04 bits per heavy atom. The van der Waals surface area contributed by atoms with E-state index in [2.05, 4.69) is 5.10 Å². The molecule has 0 amide bonds. The molecule has 0 fully saturated rings. The molecule has 5 nitrogen and oxygen atoms in total. The maximum absolute atomic E-state index is 13.2. The molecule has 0 aliphatic heterocycles. The Kier molecular flexibility index (Phi) is 3.14. The van der Waals surface area contributed by atoms with Crippen LogP contribution in [-0.4, -0.2) is 19.2 Å². The monoisotopic (exact) mass is 360 g/mol. The van der Waals surface area contributed by atoms with E-state index in [1.54, 1.807) is 30.5 Å². The maximum Gasteiger partial charge on any atom is 0.283 e. The van der Waals surface area contributed by atoms with Gasteiger partial charge in [-0.25, -0.2) is 4.98 Å². The van der Waals surface area contributed by atoms with Crippen molar-refractivity contribution in [3.8, 4) is 5.69 Å². The normalized spacial score (nSPS) is 11.6. The minimum Gasteiger partial charge on any atom is -0.296 e. The van der Waals surface area contributed by atoms with Gasteiger partial charge in [0.2, 0.25) is 0 Å². The molecule has 0 unspecified atom stereocenters. The highest BCUT2D eigenvalue weighted by Gasteiger charge is 2.15. The number of aromatic nitrogens is 4. The standard InChI is InChI=1S/C20H13ClN4O/c1-12-10-13-11-22-25(15-8-6-14(21)7-9-15)20(26)18(13)19-23-16-4-2-3-5-17(16)24(12)19/h2-11H,1H3. The zero-order valence-electron chi connectivity index (χ0n) is 13.8. The molecule has 5 aromatic rings. The largest absolute Gasteiger partial charge is 0.296 e. The number of para-hydroxylation sites is 2. The van der Waals surface area contributed by atoms with Crippen molar-refractivity contribution in [2.75, 3.05) is 0 Å². The Morgan fingerprint density at radius 2 is 1.81 bits per heavy atom. The summed E-state index contributed by atoms with van der Waals surface area (Å²) in [5, 5.41) is 6.27. The van der Waals surface area contributed by atoms with Crippen molar-refractivity contribution in [1.29, 1.82) is 0 Å². The first kappa shape index (κ1) is 15.1. The van der Waals surface area contributed by atoms with Gasteiger partial charge in [0, 0.05) is 16.1 Å². The molecule has 3 aromatic heterocycles. The van der Waals surface area contributed by atoms with Gasteiger partial charge in [0.15, 0.2) is 5.65 Å². The summed E-state index contributed by atoms with van der Waals surface area (Å²) in [6.07, 6.45) is 1.71. The Morgan fingerprint density at radius 3 is 2.62 bits per heavy atom. The zero-order chi connectivity index (χ0) is 17.8. The predicted molar refractivity (Wildman–Crippen MR) is 103 cm³/mol. The summed E-state index contributed by atoms with van der Waals surface area (Å²) in [6.45, 7) is 2.01. The highest BCUT2D eigenvalue weighted by molar-refractivity contribution is 6.30. The number of pyridine rings is 1. The third-order valence-electron chi connectivity index (χ3n) is 4.58. The molecule has 0 saturated heterocycles. The average Bonchev–Trinajstić information content (AvgIpc) is 3.03. The first-order valence-corrected chi connectivity index (χ1v) is 8.56. The lowest BCUT2D eigenvalue weighted by atomic mass is 10.2. The van der Waals surface area contributed by atoms with Crippen molar-refractivity contribution in [3.05, 3.63) is 81.9 Å². The molecule has 2 aromatic carbocycles. The SMILES string of the molecule is Cc1cc2cnn(-c3ccc(Cl)cc3)c(=O)c2c2nc3ccccc3n12. The van der Waals surface area contributed by atoms with Crippen LogP contribution in [0.4, 0.5) is 0 Å². The minimum absolute atomic E-state index is 0.204. The fourth-order valence-electron chi connectivity index (χ4n) is 3.41. The van der Waals surface area contributed by atoms with Crippen LogP contribution in [0.3, 0.4) is 0 Å². The molecular weight excluding hydrogens is 348 g/mol. The van der Waals surface area contributed by atoms with Gasteiger partial charge in [0.05, 0.1) is 28.3 Å². The fourth-order valence-corrected chi connectivity index (χ4v) is 3.53. The van der Waals surface area contributed by atoms with E-state index in [0.717, 1.165) is 22.1 Å². The van der Waals surface area contributed by atoms with Gasteiger partial charge in [-0.2, -0.15) is 9.78 Å². The highest BCUT2D eigenvalue weighted by atomic mass is 35.5. The first-order valence-electron chi connectivity index (χ1n) is 8.18. The Balaban J connectivity index is 1.94. The number of imidazole rings is 1. The van der Waals surface area contributed by atoms with Crippen molar-refractivity contribution in [1.82, 2.24) is 19.2 Å². The lowest BCUT2D eigenvalue weighted by Gasteiger charge is -2.09. The molecule has 0 N–H and O–H groups in total. The summed E-state index contributed by atoms with van der Waals surface area (Å²) in [5.41, 5.74) is 3.96. The van der Waals surface area contributed by atoms with E-state index in [1.165, 1.54) is 4.68 Å². The number of nitrogens with zero attached hydrogens (tertiary/aromatic N) is 4. The Labute approximate surface area is 153 Å². The van der Waals surface area contributed by atoms with Crippen molar-refractivity contribution in [3.63, 3.8) is 0 Å². The van der Waals surface area contributed by atoms with Gasteiger partial charge in [-0.15, -0.1) is 0 Å². The molecule has 0 aliphatic rings. The molecule has 5 rings (SSSR count). The van der Waals surface area contributed by atoms with Gasteiger partial charge in [-0.1, -0.05) is 23.7 Å². The van der Waals surface area contributed by atoms with Crippen LogP contribution in [0.1, 0.15) is 5.69 Å². The van der Waals surface area contributed by atoms with Gasteiger partial charge in [-0.05, 0) is 49.4 Å². The number of hydrogen-bond donors (Lipinski definition) is 0. The first-order chi connectivity index (χ1) is 12.6. The van der Waals surface area contributed by atoms with Crippen LogP contribution in [0.2, 0.25) is 5.02 Å². The van der Waals surface area contributed by atoms with Gasteiger partial charge in [-0.3, -0.25) is 9.20 Å². The molecule has 126 valence electrons. The van der Waals surface area contributed by atoms with Gasteiger partial charge in [0.25, 0.3) is 5.56 Å². The smallest absolute Gasteiger partial charge is 0.283 e. The summed E-state index contributed by atoms with van der Waals surface area (Å²) in [7, 11) is 0. The third kappa shape index (κ3) is 2.07. The van der Waals surface area contributed by atoms with Crippen molar-refractivity contribution >= 4 is 39.1 Å². The maximum atomic E-state index is 13.2. The Hall–Kier alpha value is -3.18. The van der Waals surface area contributed by atoms with Crippen LogP contribution in [0, 0.1) is 6.92 Å². The summed E-state index contributed by atoms with van der Waals surface area (Å²) >= 11 is 5.95. The van der Waals surface area contributed by atoms with Crippen LogP contribution in [-0.2, 0) is 0 Å². The van der Waals surface area contributed by atoms with E-state index in [1.807, 2.05) is 41.7 Å². The van der Waals surface area contributed by atoms with Crippen molar-refractivity contribution < 1.29 is 0 Å². The molecule has 0 bridgehead atoms.